The molecule has 0 fully saturated rings. The molecule has 4 rings (SSSR count). The van der Waals surface area contributed by atoms with Crippen LogP contribution in [-0.2, 0) is 17.6 Å². The van der Waals surface area contributed by atoms with Crippen LogP contribution in [0, 0.1) is 0 Å². The Bertz CT molecular complexity index is 957. The molecule has 2 aromatic carbocycles. The fourth-order valence-electron chi connectivity index (χ4n) is 4.39. The number of phenols is 1. The fraction of sp³-hybridized carbons (Fsp3) is 0.435. The molecular formula is C23H28NO6+. The predicted octanol–water partition coefficient (Wildman–Crippen LogP) is 1.84. The van der Waals surface area contributed by atoms with Crippen molar-refractivity contribution in [2.24, 2.45) is 0 Å². The smallest absolute Gasteiger partial charge is 0.231 e. The van der Waals surface area contributed by atoms with E-state index >= 15 is 0 Å². The predicted molar refractivity (Wildman–Crippen MR) is 110 cm³/mol. The Labute approximate surface area is 176 Å². The van der Waals surface area contributed by atoms with Crippen molar-refractivity contribution in [1.29, 1.82) is 0 Å². The number of fused-ring (bicyclic) bond motifs is 2. The molecule has 0 amide bonds. The van der Waals surface area contributed by atoms with Crippen molar-refractivity contribution in [2.75, 3.05) is 34.6 Å². The van der Waals surface area contributed by atoms with Crippen LogP contribution in [0.25, 0.3) is 0 Å². The van der Waals surface area contributed by atoms with Crippen molar-refractivity contribution in [3.63, 3.8) is 0 Å². The van der Waals surface area contributed by atoms with Crippen LogP contribution in [0.5, 0.6) is 28.7 Å². The molecule has 0 spiro atoms. The Balaban J connectivity index is 1.52. The SMILES string of the molecule is COc1cc(CCC(=O)C[C@H]2c3c(cc4c(c3OC)OCO4)CC[NH+]2C)ccc1O. The first-order valence-corrected chi connectivity index (χ1v) is 10.2. The number of benzene rings is 2. The minimum Gasteiger partial charge on any atom is -0.504 e. The Morgan fingerprint density at radius 2 is 2.07 bits per heavy atom. The lowest BCUT2D eigenvalue weighted by molar-refractivity contribution is -0.914. The third kappa shape index (κ3) is 3.77. The van der Waals surface area contributed by atoms with Gasteiger partial charge in [0.05, 0.1) is 39.8 Å². The third-order valence-electron chi connectivity index (χ3n) is 6.05. The highest BCUT2D eigenvalue weighted by Crippen LogP contribution is 2.47. The Kier molecular flexibility index (Phi) is 5.72. The van der Waals surface area contributed by atoms with Crippen molar-refractivity contribution >= 4 is 5.78 Å². The van der Waals surface area contributed by atoms with E-state index in [9.17, 15) is 9.90 Å². The summed E-state index contributed by atoms with van der Waals surface area (Å²) in [5.41, 5.74) is 3.19. The molecule has 0 saturated carbocycles. The van der Waals surface area contributed by atoms with Gasteiger partial charge in [0.2, 0.25) is 12.5 Å². The number of methoxy groups -OCH3 is 2. The number of ether oxygens (including phenoxy) is 4. The van der Waals surface area contributed by atoms with E-state index in [-0.39, 0.29) is 24.4 Å². The molecule has 2 aromatic rings. The highest BCUT2D eigenvalue weighted by molar-refractivity contribution is 5.80. The largest absolute Gasteiger partial charge is 0.504 e. The van der Waals surface area contributed by atoms with Crippen LogP contribution in [0.3, 0.4) is 0 Å². The maximum absolute atomic E-state index is 12.9. The van der Waals surface area contributed by atoms with E-state index in [1.165, 1.54) is 17.6 Å². The molecule has 2 heterocycles. The molecule has 30 heavy (non-hydrogen) atoms. The lowest BCUT2D eigenvalue weighted by Gasteiger charge is -2.32. The summed E-state index contributed by atoms with van der Waals surface area (Å²) in [5, 5.41) is 9.74. The highest BCUT2D eigenvalue weighted by Gasteiger charge is 2.37. The Morgan fingerprint density at radius 1 is 1.23 bits per heavy atom. The summed E-state index contributed by atoms with van der Waals surface area (Å²) in [6.07, 6.45) is 2.38. The van der Waals surface area contributed by atoms with E-state index < -0.39 is 0 Å². The molecule has 1 unspecified atom stereocenters. The molecule has 0 aliphatic carbocycles. The van der Waals surface area contributed by atoms with Gasteiger partial charge >= 0.3 is 0 Å². The third-order valence-corrected chi connectivity index (χ3v) is 6.05. The number of ketones is 1. The first kappa shape index (κ1) is 20.3. The lowest BCUT2D eigenvalue weighted by atomic mass is 9.87. The van der Waals surface area contributed by atoms with Gasteiger partial charge < -0.3 is 29.0 Å². The normalized spacial score (nSPS) is 19.3. The number of carbonyl (C=O) groups is 1. The van der Waals surface area contributed by atoms with Crippen molar-refractivity contribution in [3.8, 4) is 28.7 Å². The molecule has 2 atom stereocenters. The monoisotopic (exact) mass is 414 g/mol. The molecule has 0 bridgehead atoms. The van der Waals surface area contributed by atoms with Crippen LogP contribution in [0.4, 0.5) is 0 Å². The summed E-state index contributed by atoms with van der Waals surface area (Å²) in [6.45, 7) is 1.14. The van der Waals surface area contributed by atoms with E-state index in [1.54, 1.807) is 19.2 Å². The van der Waals surface area contributed by atoms with E-state index in [1.807, 2.05) is 12.1 Å². The number of hydrogen-bond acceptors (Lipinski definition) is 6. The van der Waals surface area contributed by atoms with E-state index in [0.717, 1.165) is 29.8 Å². The van der Waals surface area contributed by atoms with Crippen molar-refractivity contribution in [2.45, 2.75) is 31.7 Å². The van der Waals surface area contributed by atoms with Gasteiger partial charge in [0.1, 0.15) is 11.8 Å². The number of phenolic OH excluding ortho intramolecular Hbond substituents is 1. The van der Waals surface area contributed by atoms with Gasteiger partial charge in [-0.1, -0.05) is 6.07 Å². The number of aromatic hydroxyl groups is 1. The molecule has 7 heteroatoms. The standard InChI is InChI=1S/C23H27NO6/c1-24-9-8-15-11-20-22(30-13-29-20)23(28-3)21(15)17(24)12-16(25)6-4-14-5-7-18(26)19(10-14)27-2/h5,7,10-11,17,26H,4,6,8-9,12-13H2,1-3H3/p+1/t17-/m0/s1. The van der Waals surface area contributed by atoms with Gasteiger partial charge in [-0.15, -0.1) is 0 Å². The minimum absolute atomic E-state index is 0.0139. The number of aryl methyl sites for hydroxylation is 1. The molecular weight excluding hydrogens is 386 g/mol. The molecule has 2 aliphatic heterocycles. The fourth-order valence-corrected chi connectivity index (χ4v) is 4.39. The molecule has 160 valence electrons. The molecule has 2 aliphatic rings. The molecule has 0 radical (unpaired) electrons. The van der Waals surface area contributed by atoms with Crippen LogP contribution in [0.1, 0.15) is 35.6 Å². The Morgan fingerprint density at radius 3 is 2.83 bits per heavy atom. The number of hydrogen-bond donors (Lipinski definition) is 2. The van der Waals surface area contributed by atoms with Crippen LogP contribution in [0.15, 0.2) is 24.3 Å². The van der Waals surface area contributed by atoms with Crippen LogP contribution in [-0.4, -0.2) is 45.5 Å². The lowest BCUT2D eigenvalue weighted by Crippen LogP contribution is -3.10. The topological polar surface area (TPSA) is 78.7 Å². The van der Waals surface area contributed by atoms with E-state index in [2.05, 4.69) is 7.05 Å². The first-order valence-electron chi connectivity index (χ1n) is 10.2. The summed E-state index contributed by atoms with van der Waals surface area (Å²) in [7, 11) is 5.27. The maximum atomic E-state index is 12.9. The zero-order valence-electron chi connectivity index (χ0n) is 17.6. The number of carbonyl (C=O) groups excluding carboxylic acids is 1. The summed E-state index contributed by atoms with van der Waals surface area (Å²) < 4.78 is 22.1. The second-order valence-electron chi connectivity index (χ2n) is 7.86. The summed E-state index contributed by atoms with van der Waals surface area (Å²) in [5.74, 6) is 2.77. The van der Waals surface area contributed by atoms with Crippen LogP contribution >= 0.6 is 0 Å². The number of Topliss-reactive ketones (excluding diaryl/α,β-unsaturated/α-hetero) is 1. The number of quaternary nitrogens is 1. The van der Waals surface area contributed by atoms with Crippen molar-refractivity contribution < 1.29 is 33.7 Å². The van der Waals surface area contributed by atoms with E-state index in [0.29, 0.717) is 36.5 Å². The van der Waals surface area contributed by atoms with Gasteiger partial charge in [-0.2, -0.15) is 0 Å². The minimum atomic E-state index is 0.0139. The van der Waals surface area contributed by atoms with Gasteiger partial charge in [0, 0.05) is 12.8 Å². The second kappa shape index (κ2) is 8.44. The summed E-state index contributed by atoms with van der Waals surface area (Å²) >= 11 is 0. The van der Waals surface area contributed by atoms with E-state index in [4.69, 9.17) is 18.9 Å². The Hall–Kier alpha value is -2.93. The zero-order valence-corrected chi connectivity index (χ0v) is 17.6. The first-order chi connectivity index (χ1) is 14.5. The molecule has 0 aromatic heterocycles. The highest BCUT2D eigenvalue weighted by atomic mass is 16.7. The summed E-state index contributed by atoms with van der Waals surface area (Å²) in [4.78, 5) is 14.2. The second-order valence-corrected chi connectivity index (χ2v) is 7.86. The molecule has 0 saturated heterocycles. The van der Waals surface area contributed by atoms with Gasteiger partial charge in [0.15, 0.2) is 23.0 Å². The van der Waals surface area contributed by atoms with Crippen molar-refractivity contribution in [1.82, 2.24) is 0 Å². The van der Waals surface area contributed by atoms with Gasteiger partial charge in [-0.3, -0.25) is 4.79 Å². The van der Waals surface area contributed by atoms with Gasteiger partial charge in [0.25, 0.3) is 0 Å². The number of likely N-dealkylation sites (N-methyl/N-ethyl adjacent to an activating group) is 1. The van der Waals surface area contributed by atoms with Crippen molar-refractivity contribution in [3.05, 3.63) is 41.0 Å². The molecule has 7 nitrogen and oxygen atoms in total. The quantitative estimate of drug-likeness (QED) is 0.720. The van der Waals surface area contributed by atoms with Gasteiger partial charge in [-0.25, -0.2) is 0 Å². The summed E-state index contributed by atoms with van der Waals surface area (Å²) in [6, 6.07) is 7.25. The molecule has 2 N–H and O–H groups in total. The number of nitrogens with one attached hydrogen (secondary N) is 1. The average Bonchev–Trinajstić information content (AvgIpc) is 3.22. The van der Waals surface area contributed by atoms with Crippen LogP contribution in [0.2, 0.25) is 0 Å². The number of rotatable bonds is 7. The van der Waals surface area contributed by atoms with Crippen LogP contribution < -0.4 is 23.8 Å². The maximum Gasteiger partial charge on any atom is 0.231 e. The average molecular weight is 414 g/mol. The zero-order chi connectivity index (χ0) is 21.3. The van der Waals surface area contributed by atoms with Gasteiger partial charge in [-0.05, 0) is 35.7 Å².